The molecule has 8 heteroatoms. The van der Waals surface area contributed by atoms with E-state index in [0.29, 0.717) is 48.6 Å². The first-order valence-electron chi connectivity index (χ1n) is 9.00. The van der Waals surface area contributed by atoms with Gasteiger partial charge in [-0.3, -0.25) is 0 Å². The lowest BCUT2D eigenvalue weighted by Crippen LogP contribution is -2.50. The van der Waals surface area contributed by atoms with E-state index in [2.05, 4.69) is 20.2 Å². The second-order valence-corrected chi connectivity index (χ2v) is 7.07. The summed E-state index contributed by atoms with van der Waals surface area (Å²) in [6.45, 7) is 8.35. The number of para-hydroxylation sites is 1. The Kier molecular flexibility index (Phi) is 6.01. The third kappa shape index (κ3) is 5.01. The van der Waals surface area contributed by atoms with E-state index in [-0.39, 0.29) is 12.1 Å². The highest BCUT2D eigenvalue weighted by Crippen LogP contribution is 2.22. The molecular weight excluding hydrogens is 366 g/mol. The number of carbonyl (C=O) groups excluding carboxylic acids is 1. The highest BCUT2D eigenvalue weighted by molar-refractivity contribution is 6.33. The van der Waals surface area contributed by atoms with E-state index in [1.807, 2.05) is 39.0 Å². The van der Waals surface area contributed by atoms with E-state index >= 15 is 0 Å². The Bertz CT molecular complexity index is 806. The number of aromatic nitrogens is 2. The number of nitrogens with one attached hydrogen (secondary N) is 1. The van der Waals surface area contributed by atoms with Gasteiger partial charge in [0.05, 0.1) is 16.8 Å². The van der Waals surface area contributed by atoms with Crippen molar-refractivity contribution < 1.29 is 9.53 Å². The number of nitrogens with zero attached hydrogens (tertiary/aromatic N) is 4. The quantitative estimate of drug-likeness (QED) is 0.865. The van der Waals surface area contributed by atoms with E-state index in [0.717, 1.165) is 5.82 Å². The van der Waals surface area contributed by atoms with Crippen LogP contribution < -0.4 is 15.0 Å². The highest BCUT2D eigenvalue weighted by atomic mass is 35.5. The minimum absolute atomic E-state index is 0.0532. The fourth-order valence-corrected chi connectivity index (χ4v) is 3.07. The van der Waals surface area contributed by atoms with E-state index in [4.69, 9.17) is 16.3 Å². The fourth-order valence-electron chi connectivity index (χ4n) is 2.88. The molecule has 3 rings (SSSR count). The van der Waals surface area contributed by atoms with E-state index in [1.165, 1.54) is 0 Å². The molecule has 0 spiro atoms. The van der Waals surface area contributed by atoms with Gasteiger partial charge in [-0.15, -0.1) is 0 Å². The standard InChI is InChI=1S/C19H24ClN5O2/c1-13(2)27-18-12-17(21-14(3)22-18)24-8-10-25(11-9-24)19(26)23-16-7-5-4-6-15(16)20/h4-7,12-13H,8-11H2,1-3H3,(H,23,26). The normalized spacial score (nSPS) is 14.4. The Morgan fingerprint density at radius 1 is 1.19 bits per heavy atom. The number of urea groups is 1. The van der Waals surface area contributed by atoms with Crippen LogP contribution >= 0.6 is 11.6 Å². The number of aryl methyl sites for hydroxylation is 1. The molecule has 0 saturated carbocycles. The van der Waals surface area contributed by atoms with Crippen molar-refractivity contribution in [3.8, 4) is 5.88 Å². The minimum atomic E-state index is -0.148. The maximum absolute atomic E-state index is 12.5. The predicted molar refractivity (Wildman–Crippen MR) is 107 cm³/mol. The number of piperazine rings is 1. The van der Waals surface area contributed by atoms with E-state index in [9.17, 15) is 4.79 Å². The topological polar surface area (TPSA) is 70.6 Å². The lowest BCUT2D eigenvalue weighted by Gasteiger charge is -2.35. The number of ether oxygens (including phenoxy) is 1. The second kappa shape index (κ2) is 8.43. The zero-order valence-electron chi connectivity index (χ0n) is 15.8. The van der Waals surface area contributed by atoms with Crippen molar-refractivity contribution >= 4 is 29.1 Å². The van der Waals surface area contributed by atoms with Crippen molar-refractivity contribution in [2.45, 2.75) is 26.9 Å². The van der Waals surface area contributed by atoms with Gasteiger partial charge in [0.15, 0.2) is 0 Å². The molecule has 144 valence electrons. The van der Waals surface area contributed by atoms with Crippen LogP contribution in [-0.4, -0.2) is 53.2 Å². The molecule has 1 N–H and O–H groups in total. The number of hydrogen-bond donors (Lipinski definition) is 1. The number of hydrogen-bond acceptors (Lipinski definition) is 5. The summed E-state index contributed by atoms with van der Waals surface area (Å²) in [5.41, 5.74) is 0.619. The first-order chi connectivity index (χ1) is 12.9. The Balaban J connectivity index is 1.61. The molecule has 1 saturated heterocycles. The molecule has 1 fully saturated rings. The Morgan fingerprint density at radius 2 is 1.89 bits per heavy atom. The Hall–Kier alpha value is -2.54. The molecule has 2 amide bonds. The van der Waals surface area contributed by atoms with Crippen molar-refractivity contribution in [1.82, 2.24) is 14.9 Å². The third-order valence-electron chi connectivity index (χ3n) is 4.16. The van der Waals surface area contributed by atoms with Gasteiger partial charge in [-0.2, -0.15) is 4.98 Å². The summed E-state index contributed by atoms with van der Waals surface area (Å²) in [6, 6.07) is 8.92. The molecular formula is C19H24ClN5O2. The number of benzene rings is 1. The molecule has 0 radical (unpaired) electrons. The van der Waals surface area contributed by atoms with Gasteiger partial charge in [-0.25, -0.2) is 9.78 Å². The molecule has 0 aliphatic carbocycles. The SMILES string of the molecule is Cc1nc(OC(C)C)cc(N2CCN(C(=O)Nc3ccccc3Cl)CC2)n1. The minimum Gasteiger partial charge on any atom is -0.475 e. The molecule has 2 heterocycles. The number of halogens is 1. The third-order valence-corrected chi connectivity index (χ3v) is 4.49. The molecule has 0 atom stereocenters. The van der Waals surface area contributed by atoms with Crippen LogP contribution in [0.25, 0.3) is 0 Å². The first-order valence-corrected chi connectivity index (χ1v) is 9.38. The van der Waals surface area contributed by atoms with Crippen LogP contribution in [0.3, 0.4) is 0 Å². The van der Waals surface area contributed by atoms with Crippen LogP contribution in [0.4, 0.5) is 16.3 Å². The fraction of sp³-hybridized carbons (Fsp3) is 0.421. The average Bonchev–Trinajstić information content (AvgIpc) is 2.62. The van der Waals surface area contributed by atoms with E-state index in [1.54, 1.807) is 17.0 Å². The zero-order valence-corrected chi connectivity index (χ0v) is 16.5. The summed E-state index contributed by atoms with van der Waals surface area (Å²) in [4.78, 5) is 25.2. The van der Waals surface area contributed by atoms with Crippen LogP contribution in [0.5, 0.6) is 5.88 Å². The van der Waals surface area contributed by atoms with Crippen molar-refractivity contribution in [2.24, 2.45) is 0 Å². The van der Waals surface area contributed by atoms with Crippen LogP contribution in [0.15, 0.2) is 30.3 Å². The summed E-state index contributed by atoms with van der Waals surface area (Å²) in [5, 5.41) is 3.39. The van der Waals surface area contributed by atoms with Crippen LogP contribution in [-0.2, 0) is 0 Å². The number of rotatable bonds is 4. The maximum atomic E-state index is 12.5. The average molecular weight is 390 g/mol. The number of amides is 2. The van der Waals surface area contributed by atoms with Gasteiger partial charge in [0.25, 0.3) is 0 Å². The summed E-state index contributed by atoms with van der Waals surface area (Å²) < 4.78 is 5.70. The Labute approximate surface area is 164 Å². The molecule has 0 unspecified atom stereocenters. The summed E-state index contributed by atoms with van der Waals surface area (Å²) in [6.07, 6.45) is 0.0532. The van der Waals surface area contributed by atoms with Gasteiger partial charge in [0.2, 0.25) is 5.88 Å². The van der Waals surface area contributed by atoms with Crippen molar-refractivity contribution in [1.29, 1.82) is 0 Å². The van der Waals surface area contributed by atoms with Gasteiger partial charge >= 0.3 is 6.03 Å². The summed E-state index contributed by atoms with van der Waals surface area (Å²) in [5.74, 6) is 2.07. The van der Waals surface area contributed by atoms with Gasteiger partial charge in [0.1, 0.15) is 11.6 Å². The number of anilines is 2. The summed E-state index contributed by atoms with van der Waals surface area (Å²) in [7, 11) is 0. The molecule has 1 aliphatic heterocycles. The molecule has 1 aliphatic rings. The zero-order chi connectivity index (χ0) is 19.4. The molecule has 27 heavy (non-hydrogen) atoms. The van der Waals surface area contributed by atoms with Gasteiger partial charge < -0.3 is 19.9 Å². The molecule has 1 aromatic heterocycles. The lowest BCUT2D eigenvalue weighted by atomic mass is 10.3. The van der Waals surface area contributed by atoms with Crippen LogP contribution in [0, 0.1) is 6.92 Å². The predicted octanol–water partition coefficient (Wildman–Crippen LogP) is 3.58. The largest absolute Gasteiger partial charge is 0.475 e. The monoisotopic (exact) mass is 389 g/mol. The van der Waals surface area contributed by atoms with Crippen LogP contribution in [0.1, 0.15) is 19.7 Å². The lowest BCUT2D eigenvalue weighted by molar-refractivity contribution is 0.208. The molecule has 1 aromatic carbocycles. The van der Waals surface area contributed by atoms with Gasteiger partial charge in [0, 0.05) is 32.2 Å². The maximum Gasteiger partial charge on any atom is 0.322 e. The molecule has 7 nitrogen and oxygen atoms in total. The Morgan fingerprint density at radius 3 is 2.56 bits per heavy atom. The van der Waals surface area contributed by atoms with Crippen molar-refractivity contribution in [3.05, 3.63) is 41.2 Å². The van der Waals surface area contributed by atoms with Crippen LogP contribution in [0.2, 0.25) is 5.02 Å². The smallest absolute Gasteiger partial charge is 0.322 e. The summed E-state index contributed by atoms with van der Waals surface area (Å²) >= 11 is 6.11. The van der Waals surface area contributed by atoms with Crippen molar-refractivity contribution in [3.63, 3.8) is 0 Å². The first kappa shape index (κ1) is 19.2. The number of carbonyl (C=O) groups is 1. The van der Waals surface area contributed by atoms with E-state index < -0.39 is 0 Å². The second-order valence-electron chi connectivity index (χ2n) is 6.66. The molecule has 2 aromatic rings. The van der Waals surface area contributed by atoms with Gasteiger partial charge in [-0.1, -0.05) is 23.7 Å². The highest BCUT2D eigenvalue weighted by Gasteiger charge is 2.23. The van der Waals surface area contributed by atoms with Crippen molar-refractivity contribution in [2.75, 3.05) is 36.4 Å². The molecule has 0 bridgehead atoms. The van der Waals surface area contributed by atoms with Gasteiger partial charge in [-0.05, 0) is 32.9 Å².